The number of aliphatic imine (C=N–C) groups is 1. The van der Waals surface area contributed by atoms with Gasteiger partial charge in [0.25, 0.3) is 0 Å². The van der Waals surface area contributed by atoms with E-state index in [1.54, 1.807) is 0 Å². The Morgan fingerprint density at radius 1 is 1.24 bits per heavy atom. The quantitative estimate of drug-likeness (QED) is 0.848. The van der Waals surface area contributed by atoms with Crippen LogP contribution in [0.5, 0.6) is 0 Å². The number of fused-ring (bicyclic) bond motifs is 2. The second kappa shape index (κ2) is 6.19. The van der Waals surface area contributed by atoms with Gasteiger partial charge in [-0.1, -0.05) is 42.5 Å². The van der Waals surface area contributed by atoms with E-state index < -0.39 is 11.5 Å². The van der Waals surface area contributed by atoms with E-state index in [4.69, 9.17) is 0 Å². The number of nitrogens with zero attached hydrogens (tertiary/aromatic N) is 1. The van der Waals surface area contributed by atoms with Crippen LogP contribution in [0.25, 0.3) is 0 Å². The van der Waals surface area contributed by atoms with Crippen LogP contribution in [0, 0.1) is 6.92 Å². The van der Waals surface area contributed by atoms with Crippen molar-refractivity contribution in [2.75, 3.05) is 6.54 Å². The van der Waals surface area contributed by atoms with Crippen molar-refractivity contribution in [3.63, 3.8) is 0 Å². The lowest BCUT2D eigenvalue weighted by Gasteiger charge is -2.44. The predicted molar refractivity (Wildman–Crippen MR) is 97.1 cm³/mol. The summed E-state index contributed by atoms with van der Waals surface area (Å²) >= 11 is 0. The summed E-state index contributed by atoms with van der Waals surface area (Å²) in [6.45, 7) is 3.00. The molecule has 1 N–H and O–H groups in total. The fourth-order valence-electron chi connectivity index (χ4n) is 4.50. The van der Waals surface area contributed by atoms with E-state index in [1.165, 1.54) is 11.1 Å². The molecular formula is C21H21FN2O. The smallest absolute Gasteiger partial charge is 0.307 e. The van der Waals surface area contributed by atoms with Crippen LogP contribution in [0.2, 0.25) is 0 Å². The number of nitrogens with one attached hydrogen (secondary N) is 1. The lowest BCUT2D eigenvalue weighted by Crippen LogP contribution is -2.50. The third-order valence-corrected chi connectivity index (χ3v) is 5.55. The monoisotopic (exact) mass is 336 g/mol. The average molecular weight is 336 g/mol. The minimum absolute atomic E-state index is 0.0100. The number of rotatable bonds is 3. The van der Waals surface area contributed by atoms with Gasteiger partial charge in [-0.2, -0.15) is 4.39 Å². The van der Waals surface area contributed by atoms with Gasteiger partial charge < -0.3 is 5.32 Å². The molecule has 2 aromatic carbocycles. The van der Waals surface area contributed by atoms with Crippen molar-refractivity contribution in [2.24, 2.45) is 4.99 Å². The minimum atomic E-state index is -1.32. The van der Waals surface area contributed by atoms with Crippen LogP contribution in [0.4, 0.5) is 10.1 Å². The number of piperidine rings is 1. The lowest BCUT2D eigenvalue weighted by molar-refractivity contribution is -0.128. The maximum atomic E-state index is 13.4. The van der Waals surface area contributed by atoms with Crippen LogP contribution in [0.15, 0.2) is 53.5 Å². The average Bonchev–Trinajstić information content (AvgIpc) is 2.90. The van der Waals surface area contributed by atoms with Crippen molar-refractivity contribution in [1.82, 2.24) is 5.32 Å². The van der Waals surface area contributed by atoms with Crippen molar-refractivity contribution in [3.8, 4) is 0 Å². The Hall–Kier alpha value is -2.33. The van der Waals surface area contributed by atoms with E-state index in [2.05, 4.69) is 35.4 Å². The number of carbonyl (C=O) groups excluding carboxylic acids is 1. The lowest BCUT2D eigenvalue weighted by atomic mass is 9.64. The molecule has 2 aliphatic rings. The molecule has 2 aliphatic heterocycles. The summed E-state index contributed by atoms with van der Waals surface area (Å²) in [5.41, 5.74) is 4.55. The van der Waals surface area contributed by atoms with Crippen molar-refractivity contribution >= 4 is 17.4 Å². The molecule has 2 atom stereocenters. The Balaban J connectivity index is 1.92. The van der Waals surface area contributed by atoms with E-state index in [0.29, 0.717) is 5.71 Å². The van der Waals surface area contributed by atoms with Gasteiger partial charge >= 0.3 is 6.04 Å². The summed E-state index contributed by atoms with van der Waals surface area (Å²) in [5, 5.41) is 3.64. The standard InChI is InChI=1S/C21H21FN2O/c1-14-7-2-3-8-15(14)20-21(11-6-12-23-20)16-9-4-5-10-17(16)24-18(21)13-19(22)25/h2-5,7-10,20,23H,6,11-13H2,1H3. The highest BCUT2D eigenvalue weighted by Crippen LogP contribution is 2.53. The number of carbonyl (C=O) groups is 1. The molecule has 25 heavy (non-hydrogen) atoms. The molecule has 0 bridgehead atoms. The molecule has 2 heterocycles. The van der Waals surface area contributed by atoms with E-state index in [0.717, 1.165) is 30.6 Å². The summed E-state index contributed by atoms with van der Waals surface area (Å²) in [4.78, 5) is 16.0. The zero-order valence-electron chi connectivity index (χ0n) is 14.3. The van der Waals surface area contributed by atoms with Crippen molar-refractivity contribution in [1.29, 1.82) is 0 Å². The van der Waals surface area contributed by atoms with E-state index >= 15 is 0 Å². The molecule has 3 nitrogen and oxygen atoms in total. The van der Waals surface area contributed by atoms with Crippen LogP contribution in [-0.2, 0) is 10.2 Å². The third-order valence-electron chi connectivity index (χ3n) is 5.55. The molecule has 0 saturated carbocycles. The van der Waals surface area contributed by atoms with Crippen LogP contribution < -0.4 is 5.32 Å². The Kier molecular flexibility index (Phi) is 4.00. The van der Waals surface area contributed by atoms with Crippen molar-refractivity contribution < 1.29 is 9.18 Å². The Morgan fingerprint density at radius 2 is 2.00 bits per heavy atom. The van der Waals surface area contributed by atoms with Crippen LogP contribution >= 0.6 is 0 Å². The SMILES string of the molecule is Cc1ccccc1C1NCCCC12C(CC(=O)F)=Nc1ccccc12. The van der Waals surface area contributed by atoms with Gasteiger partial charge in [0.1, 0.15) is 0 Å². The molecule has 0 amide bonds. The van der Waals surface area contributed by atoms with Gasteiger partial charge in [0.05, 0.1) is 17.5 Å². The van der Waals surface area contributed by atoms with Crippen molar-refractivity contribution in [2.45, 2.75) is 37.6 Å². The summed E-state index contributed by atoms with van der Waals surface area (Å²) in [6, 6.07) is 14.9. The van der Waals surface area contributed by atoms with Gasteiger partial charge in [0.15, 0.2) is 0 Å². The molecule has 1 saturated heterocycles. The van der Waals surface area contributed by atoms with Gasteiger partial charge in [-0.3, -0.25) is 9.79 Å². The highest BCUT2D eigenvalue weighted by atomic mass is 19.1. The molecular weight excluding hydrogens is 315 g/mol. The second-order valence-electron chi connectivity index (χ2n) is 6.93. The molecule has 4 heteroatoms. The first-order valence-electron chi connectivity index (χ1n) is 8.78. The van der Waals surface area contributed by atoms with Crippen LogP contribution in [0.1, 0.15) is 42.0 Å². The number of para-hydroxylation sites is 1. The number of hydrogen-bond acceptors (Lipinski definition) is 3. The first-order chi connectivity index (χ1) is 12.1. The molecule has 0 aliphatic carbocycles. The highest BCUT2D eigenvalue weighted by molar-refractivity contribution is 6.10. The summed E-state index contributed by atoms with van der Waals surface area (Å²) in [6.07, 6.45) is 1.59. The Labute approximate surface area is 147 Å². The maximum Gasteiger partial charge on any atom is 0.307 e. The zero-order chi connectivity index (χ0) is 17.4. The first kappa shape index (κ1) is 16.2. The zero-order valence-corrected chi connectivity index (χ0v) is 14.3. The molecule has 2 unspecified atom stereocenters. The third kappa shape index (κ3) is 2.52. The summed E-state index contributed by atoms with van der Waals surface area (Å²) in [7, 11) is 0. The first-order valence-corrected chi connectivity index (χ1v) is 8.78. The summed E-state index contributed by atoms with van der Waals surface area (Å²) in [5.74, 6) is 0. The number of aryl methyl sites for hydroxylation is 1. The molecule has 0 radical (unpaired) electrons. The van der Waals surface area contributed by atoms with Crippen LogP contribution in [-0.4, -0.2) is 18.3 Å². The van der Waals surface area contributed by atoms with E-state index in [9.17, 15) is 9.18 Å². The number of halogens is 1. The molecule has 1 spiro atoms. The van der Waals surface area contributed by atoms with Gasteiger partial charge in [-0.25, -0.2) is 0 Å². The van der Waals surface area contributed by atoms with Gasteiger partial charge in [-0.15, -0.1) is 0 Å². The highest BCUT2D eigenvalue weighted by Gasteiger charge is 2.51. The predicted octanol–water partition coefficient (Wildman–Crippen LogP) is 4.33. The van der Waals surface area contributed by atoms with Crippen LogP contribution in [0.3, 0.4) is 0 Å². The number of benzene rings is 2. The number of hydrogen-bond donors (Lipinski definition) is 1. The van der Waals surface area contributed by atoms with E-state index in [-0.39, 0.29) is 12.5 Å². The Bertz CT molecular complexity index is 860. The Morgan fingerprint density at radius 3 is 2.80 bits per heavy atom. The summed E-state index contributed by atoms with van der Waals surface area (Å²) < 4.78 is 13.4. The topological polar surface area (TPSA) is 41.5 Å². The van der Waals surface area contributed by atoms with Gasteiger partial charge in [0.2, 0.25) is 0 Å². The molecule has 1 fully saturated rings. The van der Waals surface area contributed by atoms with Gasteiger partial charge in [0, 0.05) is 11.8 Å². The molecule has 4 rings (SSSR count). The fraction of sp³-hybridized carbons (Fsp3) is 0.333. The molecule has 2 aromatic rings. The van der Waals surface area contributed by atoms with Gasteiger partial charge in [-0.05, 0) is 49.1 Å². The normalized spacial score (nSPS) is 24.9. The molecule has 128 valence electrons. The fourth-order valence-corrected chi connectivity index (χ4v) is 4.50. The van der Waals surface area contributed by atoms with E-state index in [1.807, 2.05) is 30.3 Å². The largest absolute Gasteiger partial charge is 0.309 e. The van der Waals surface area contributed by atoms with Crippen molar-refractivity contribution in [3.05, 3.63) is 65.2 Å². The molecule has 0 aromatic heterocycles. The second-order valence-corrected chi connectivity index (χ2v) is 6.93. The maximum absolute atomic E-state index is 13.4. The minimum Gasteiger partial charge on any atom is -0.309 e.